The Balaban J connectivity index is 1.07. The van der Waals surface area contributed by atoms with E-state index in [-0.39, 0.29) is 5.57 Å². The van der Waals surface area contributed by atoms with Crippen LogP contribution in [0, 0.1) is 0 Å². The average Bonchev–Trinajstić information content (AvgIpc) is 1.35. The van der Waals surface area contributed by atoms with Crippen LogP contribution in [-0.2, 0) is 87.6 Å². The summed E-state index contributed by atoms with van der Waals surface area (Å²) in [4.78, 5) is 82.0. The van der Waals surface area contributed by atoms with Crippen molar-refractivity contribution in [3.8, 4) is 0 Å². The van der Waals surface area contributed by atoms with Crippen molar-refractivity contribution in [3.63, 3.8) is 0 Å². The standard InChI is InChI=1S/C72H28O11/c1-62(2,3)78-81-65-50-40-30-21-15-11-10-12-14-13(11)18-24(21)35-37-27(18)29-25(14)28-26-17(12)23-22-16(10)20-19(15)31(30)41-42-32(20)33(22)43-45-34(23)36(26)46-48-38(28)39(29)49-47(37)56(54(65)44(35)40)68-59-58(65)60(73)66(51(41)50,82-79-63(4,5)6)52(42)53(43)67(83-80-64(7,8)9)55(45)57(46)72(69(59,77-72)61(67)74)70(48,75)71(49,68)76-68/h75H,1-9H3/t65-,66+,67+,68+,69+,70+,71+,72-/m1/s1. The number of hydrogen-bond acceptors (Lipinski definition) is 11. The largest absolute Gasteiger partial charge is 0.378 e. The van der Waals surface area contributed by atoms with Crippen molar-refractivity contribution in [1.29, 1.82) is 0 Å². The first-order valence-corrected chi connectivity index (χ1v) is 29.9. The molecule has 382 valence electrons. The number of hydrogen-bond donors (Lipinski definition) is 1. The van der Waals surface area contributed by atoms with Crippen molar-refractivity contribution in [1.82, 2.24) is 0 Å². The Morgan fingerprint density at radius 2 is 0.578 bits per heavy atom. The Morgan fingerprint density at radius 1 is 0.301 bits per heavy atom. The van der Waals surface area contributed by atoms with Crippen molar-refractivity contribution in [2.75, 3.05) is 0 Å². The first-order valence-electron chi connectivity index (χ1n) is 29.9. The maximum absolute atomic E-state index is 18.9. The molecule has 83 heavy (non-hydrogen) atoms. The van der Waals surface area contributed by atoms with Gasteiger partial charge in [-0.2, -0.15) is 0 Å². The van der Waals surface area contributed by atoms with Gasteiger partial charge in [-0.1, -0.05) is 0 Å². The van der Waals surface area contributed by atoms with Crippen LogP contribution < -0.4 is 0 Å². The molecule has 2 saturated heterocycles. The van der Waals surface area contributed by atoms with Gasteiger partial charge in [-0.3, -0.25) is 9.59 Å². The topological polar surface area (TPSA) is 135 Å². The van der Waals surface area contributed by atoms with Gasteiger partial charge in [-0.25, -0.2) is 29.3 Å². The van der Waals surface area contributed by atoms with Gasteiger partial charge in [0.25, 0.3) is 0 Å². The second-order valence-electron chi connectivity index (χ2n) is 31.9. The van der Waals surface area contributed by atoms with Crippen LogP contribution in [0.4, 0.5) is 0 Å². The first kappa shape index (κ1) is 36.9. The minimum absolute atomic E-state index is 0.219. The van der Waals surface area contributed by atoms with Crippen LogP contribution in [-0.4, -0.2) is 39.1 Å². The third-order valence-corrected chi connectivity index (χ3v) is 26.6. The summed E-state index contributed by atoms with van der Waals surface area (Å²) in [5.74, 6) is -0.832. The van der Waals surface area contributed by atoms with Crippen molar-refractivity contribution in [2.45, 2.75) is 124 Å². The summed E-state index contributed by atoms with van der Waals surface area (Å²) in [6, 6.07) is 0. The number of rotatable bonds is 6. The number of fused-ring (bicyclic) bond motifs is 3. The second-order valence-corrected chi connectivity index (χ2v) is 31.9. The number of carbonyl (C=O) groups is 2. The van der Waals surface area contributed by atoms with Gasteiger partial charge in [0.2, 0.25) is 22.8 Å². The third-order valence-electron chi connectivity index (χ3n) is 26.6. The number of ether oxygens (including phenoxy) is 2. The molecule has 8 atom stereocenters. The van der Waals surface area contributed by atoms with Crippen molar-refractivity contribution in [2.24, 2.45) is 0 Å². The molecule has 1 N–H and O–H groups in total. The van der Waals surface area contributed by atoms with Crippen LogP contribution in [0.15, 0.2) is 11.1 Å². The highest BCUT2D eigenvalue weighted by Crippen LogP contribution is 3.00. The quantitative estimate of drug-likeness (QED) is 0.0738. The van der Waals surface area contributed by atoms with E-state index in [0.717, 1.165) is 114 Å². The molecule has 1 saturated carbocycles. The maximum Gasteiger partial charge on any atom is 0.218 e. The van der Waals surface area contributed by atoms with E-state index < -0.39 is 73.2 Å². The summed E-state index contributed by atoms with van der Waals surface area (Å²) in [5, 5.41) is 61.0. The van der Waals surface area contributed by atoms with Crippen LogP contribution in [0.5, 0.6) is 0 Å². The summed E-state index contributed by atoms with van der Waals surface area (Å²) < 4.78 is 16.4. The van der Waals surface area contributed by atoms with E-state index in [1.54, 1.807) is 0 Å². The van der Waals surface area contributed by atoms with Gasteiger partial charge in [0, 0.05) is 66.8 Å². The van der Waals surface area contributed by atoms with E-state index in [4.69, 9.17) is 38.8 Å². The third kappa shape index (κ3) is 2.12. The zero-order valence-corrected chi connectivity index (χ0v) is 45.0. The van der Waals surface area contributed by atoms with E-state index in [1.165, 1.54) is 124 Å². The lowest BCUT2D eigenvalue weighted by molar-refractivity contribution is -0.401. The van der Waals surface area contributed by atoms with E-state index >= 15 is 14.7 Å². The lowest BCUT2D eigenvalue weighted by Crippen LogP contribution is -2.67. The molecular formula is C72H28O11. The van der Waals surface area contributed by atoms with Gasteiger partial charge >= 0.3 is 0 Å². The fourth-order valence-electron chi connectivity index (χ4n) is 26.1. The van der Waals surface area contributed by atoms with Crippen LogP contribution in [0.25, 0.3) is 205 Å². The summed E-state index contributed by atoms with van der Waals surface area (Å²) in [7, 11) is 0. The van der Waals surface area contributed by atoms with E-state index in [1.807, 2.05) is 62.3 Å². The van der Waals surface area contributed by atoms with Crippen molar-refractivity contribution < 1.29 is 53.5 Å². The molecule has 0 unspecified atom stereocenters. The van der Waals surface area contributed by atoms with Crippen molar-refractivity contribution >= 4 is 216 Å². The molecule has 20 aromatic rings. The monoisotopic (exact) mass is 1070 g/mol. The Labute approximate surface area is 458 Å². The summed E-state index contributed by atoms with van der Waals surface area (Å²) >= 11 is 0. The first-order chi connectivity index (χ1) is 39.8. The maximum atomic E-state index is 18.9. The summed E-state index contributed by atoms with van der Waals surface area (Å²) in [5.41, 5.74) is -9.77. The number of Topliss-reactive ketones (excluding diaryl/α,β-unsaturated/α-hetero) is 2. The number of epoxide rings is 2. The molecule has 12 aliphatic rings. The number of ketones is 2. The summed E-state index contributed by atoms with van der Waals surface area (Å²) in [6.07, 6.45) is 0. The van der Waals surface area contributed by atoms with Crippen LogP contribution in [0.3, 0.4) is 0 Å². The molecule has 11 heteroatoms. The highest BCUT2D eigenvalue weighted by molar-refractivity contribution is 6.76. The number of aliphatic hydroxyl groups is 1. The lowest BCUT2D eigenvalue weighted by Gasteiger charge is -2.52. The molecule has 32 rings (SSSR count). The van der Waals surface area contributed by atoms with Crippen molar-refractivity contribution in [3.05, 3.63) is 66.8 Å². The molecule has 11 nitrogen and oxygen atoms in total. The molecule has 10 aliphatic carbocycles. The molecule has 0 bridgehead atoms. The molecule has 2 aliphatic heterocycles. The lowest BCUT2D eigenvalue weighted by atomic mass is 9.47. The van der Waals surface area contributed by atoms with E-state index in [0.29, 0.717) is 27.8 Å². The predicted molar refractivity (Wildman–Crippen MR) is 308 cm³/mol. The average molecular weight is 1070 g/mol. The molecule has 20 aromatic carbocycles. The van der Waals surface area contributed by atoms with Gasteiger partial charge in [0.15, 0.2) is 33.6 Å². The molecule has 3 fully saturated rings. The van der Waals surface area contributed by atoms with Gasteiger partial charge in [0.05, 0.1) is 16.8 Å². The normalized spacial score (nSPS) is 34.2. The predicted octanol–water partition coefficient (Wildman–Crippen LogP) is 14.1. The zero-order valence-electron chi connectivity index (χ0n) is 45.0. The number of carbonyl (C=O) groups excluding carboxylic acids is 2. The van der Waals surface area contributed by atoms with Gasteiger partial charge in [0.1, 0.15) is 0 Å². The van der Waals surface area contributed by atoms with E-state index in [2.05, 4.69) is 0 Å². The van der Waals surface area contributed by atoms with Crippen LogP contribution >= 0.6 is 0 Å². The molecule has 0 radical (unpaired) electrons. The molecular weight excluding hydrogens is 1040 g/mol. The molecule has 0 aromatic heterocycles. The van der Waals surface area contributed by atoms with Crippen LogP contribution in [0.1, 0.15) is 118 Å². The van der Waals surface area contributed by atoms with Gasteiger partial charge in [-0.05, 0) is 267 Å². The van der Waals surface area contributed by atoms with Crippen LogP contribution in [0.2, 0.25) is 0 Å². The Kier molecular flexibility index (Phi) is 3.61. The Morgan fingerprint density at radius 3 is 1.00 bits per heavy atom. The smallest absolute Gasteiger partial charge is 0.218 e. The zero-order chi connectivity index (χ0) is 53.2. The fourth-order valence-corrected chi connectivity index (χ4v) is 26.1. The van der Waals surface area contributed by atoms with E-state index in [9.17, 15) is 0 Å². The second kappa shape index (κ2) is 8.12. The molecule has 0 amide bonds. The number of benzene rings is 14. The van der Waals surface area contributed by atoms with Gasteiger partial charge in [-0.15, -0.1) is 0 Å². The highest BCUT2D eigenvalue weighted by Gasteiger charge is 3.09. The van der Waals surface area contributed by atoms with Gasteiger partial charge < -0.3 is 14.6 Å². The Bertz CT molecular complexity index is 7240. The Hall–Kier alpha value is -7.52. The highest BCUT2D eigenvalue weighted by atomic mass is 17.2. The SMILES string of the molecule is CC(C)(C)OO[C@]12C(=O)C3=C4[C@@]56O[C@]57c5c8c9c%10c(c1c1c%11c2c2c%12c%13c(c%14c%15c%16c%17c%18c(c5c5c9c9c%19c%10c1c1c%10c%11c%12c%11c%12c%13c%15c%13c%17c%15c%18c5c9c5c%15c(c%13%12)c(c%11%10)c5c%191)[C@]7(O)[C@]%161O[C@]4%141)[C@@]32OOC(C)(C)C)[C@@]8(OOC(C)(C)C)C6=O. The summed E-state index contributed by atoms with van der Waals surface area (Å²) in [6.45, 7) is 17.7. The minimum Gasteiger partial charge on any atom is -0.378 e. The fraction of sp³-hybridized carbons (Fsp3) is 0.278. The molecule has 3 spiro atoms. The molecule has 2 heterocycles. The minimum atomic E-state index is -2.11.